The minimum atomic E-state index is 0. The predicted octanol–water partition coefficient (Wildman–Crippen LogP) is 3.34. The Bertz CT molecular complexity index is 724. The number of ether oxygens (including phenoxy) is 1. The maximum absolute atomic E-state index is 12.3. The van der Waals surface area contributed by atoms with Crippen LogP contribution in [0.4, 0.5) is 0 Å². The highest BCUT2D eigenvalue weighted by Crippen LogP contribution is 2.15. The summed E-state index contributed by atoms with van der Waals surface area (Å²) in [6.45, 7) is 5.01. The number of piperazine rings is 1. The van der Waals surface area contributed by atoms with E-state index in [-0.39, 0.29) is 36.8 Å². The zero-order valence-electron chi connectivity index (χ0n) is 15.2. The topological polar surface area (TPSA) is 54.5 Å². The van der Waals surface area contributed by atoms with E-state index in [4.69, 9.17) is 4.74 Å². The number of aromatic nitrogens is 1. The zero-order chi connectivity index (χ0) is 17.5. The molecule has 0 spiro atoms. The van der Waals surface area contributed by atoms with Gasteiger partial charge in [0.25, 0.3) is 0 Å². The van der Waals surface area contributed by atoms with Crippen molar-refractivity contribution in [2.45, 2.75) is 19.6 Å². The van der Waals surface area contributed by atoms with E-state index in [1.807, 2.05) is 47.4 Å². The molecular weight excluding hydrogens is 385 g/mol. The van der Waals surface area contributed by atoms with Gasteiger partial charge in [0, 0.05) is 49.7 Å². The molecule has 146 valence electrons. The van der Waals surface area contributed by atoms with Crippen molar-refractivity contribution in [1.29, 1.82) is 0 Å². The van der Waals surface area contributed by atoms with Crippen LogP contribution in [0.2, 0.25) is 0 Å². The Balaban J connectivity index is 0.00000182. The van der Waals surface area contributed by atoms with Gasteiger partial charge in [-0.1, -0.05) is 18.2 Å². The Labute approximate surface area is 172 Å². The molecule has 0 aliphatic carbocycles. The van der Waals surface area contributed by atoms with Crippen LogP contribution in [0.5, 0.6) is 5.75 Å². The Morgan fingerprint density at radius 3 is 2.74 bits per heavy atom. The average molecular weight is 410 g/mol. The monoisotopic (exact) mass is 409 g/mol. The van der Waals surface area contributed by atoms with Gasteiger partial charge in [-0.05, 0) is 36.8 Å². The van der Waals surface area contributed by atoms with Crippen molar-refractivity contribution >= 4 is 36.8 Å². The molecule has 7 heteroatoms. The van der Waals surface area contributed by atoms with Crippen LogP contribution in [0.1, 0.15) is 18.1 Å². The first kappa shape index (κ1) is 23.0. The van der Waals surface area contributed by atoms with Gasteiger partial charge in [0.1, 0.15) is 12.4 Å². The molecule has 1 aliphatic rings. The molecule has 1 aliphatic heterocycles. The fourth-order valence-electron chi connectivity index (χ4n) is 2.76. The Kier molecular flexibility index (Phi) is 9.86. The second kappa shape index (κ2) is 11.6. The fourth-order valence-corrected chi connectivity index (χ4v) is 2.76. The zero-order valence-corrected chi connectivity index (χ0v) is 16.8. The smallest absolute Gasteiger partial charge is 0.246 e. The number of halogens is 2. The lowest BCUT2D eigenvalue weighted by Crippen LogP contribution is -2.51. The van der Waals surface area contributed by atoms with E-state index in [1.165, 1.54) is 0 Å². The molecule has 1 aromatic carbocycles. The number of hydrogen-bond donors (Lipinski definition) is 1. The summed E-state index contributed by atoms with van der Waals surface area (Å²) in [5.41, 5.74) is 2.01. The van der Waals surface area contributed by atoms with Crippen LogP contribution >= 0.6 is 24.8 Å². The maximum Gasteiger partial charge on any atom is 0.246 e. The molecule has 1 unspecified atom stereocenters. The largest absolute Gasteiger partial charge is 0.489 e. The van der Waals surface area contributed by atoms with Crippen LogP contribution in [-0.4, -0.2) is 41.5 Å². The Morgan fingerprint density at radius 1 is 1.30 bits per heavy atom. The molecule has 5 nitrogen and oxygen atoms in total. The lowest BCUT2D eigenvalue weighted by atomic mass is 10.1. The molecule has 27 heavy (non-hydrogen) atoms. The summed E-state index contributed by atoms with van der Waals surface area (Å²) in [5, 5.41) is 3.29. The lowest BCUT2D eigenvalue weighted by molar-refractivity contribution is -0.128. The van der Waals surface area contributed by atoms with Crippen molar-refractivity contribution in [3.63, 3.8) is 0 Å². The number of benzene rings is 1. The Hall–Kier alpha value is -2.08. The van der Waals surface area contributed by atoms with E-state index in [0.29, 0.717) is 6.61 Å². The summed E-state index contributed by atoms with van der Waals surface area (Å²) in [6, 6.07) is 11.8. The lowest BCUT2D eigenvalue weighted by Gasteiger charge is -2.33. The van der Waals surface area contributed by atoms with Gasteiger partial charge >= 0.3 is 0 Å². The summed E-state index contributed by atoms with van der Waals surface area (Å²) >= 11 is 0. The molecule has 1 amide bonds. The van der Waals surface area contributed by atoms with Crippen LogP contribution in [-0.2, 0) is 11.4 Å². The van der Waals surface area contributed by atoms with Crippen molar-refractivity contribution in [3.05, 3.63) is 66.0 Å². The first-order valence-electron chi connectivity index (χ1n) is 8.53. The van der Waals surface area contributed by atoms with Crippen molar-refractivity contribution in [1.82, 2.24) is 15.2 Å². The van der Waals surface area contributed by atoms with Crippen LogP contribution in [0, 0.1) is 0 Å². The predicted molar refractivity (Wildman–Crippen MR) is 113 cm³/mol. The fraction of sp³-hybridized carbons (Fsp3) is 0.300. The highest BCUT2D eigenvalue weighted by Gasteiger charge is 2.20. The third-order valence-corrected chi connectivity index (χ3v) is 4.21. The third-order valence-electron chi connectivity index (χ3n) is 4.21. The number of hydrogen-bond acceptors (Lipinski definition) is 4. The van der Waals surface area contributed by atoms with Crippen LogP contribution in [0.3, 0.4) is 0 Å². The van der Waals surface area contributed by atoms with Gasteiger partial charge in [0.05, 0.1) is 0 Å². The standard InChI is InChI=1S/C20H23N3O2.2ClH/c1-16-13-22-11-12-23(16)20(24)9-6-17-4-7-19(8-5-17)25-15-18-3-2-10-21-14-18;;/h2-10,14,16,22H,11-13,15H2,1H3;2*1H. The van der Waals surface area contributed by atoms with E-state index >= 15 is 0 Å². The molecule has 0 saturated carbocycles. The van der Waals surface area contributed by atoms with Gasteiger partial charge in [0.2, 0.25) is 5.91 Å². The van der Waals surface area contributed by atoms with Crippen molar-refractivity contribution < 1.29 is 9.53 Å². The second-order valence-electron chi connectivity index (χ2n) is 6.14. The summed E-state index contributed by atoms with van der Waals surface area (Å²) < 4.78 is 5.74. The molecule has 3 rings (SSSR count). The van der Waals surface area contributed by atoms with Gasteiger partial charge in [-0.2, -0.15) is 0 Å². The summed E-state index contributed by atoms with van der Waals surface area (Å²) in [7, 11) is 0. The van der Waals surface area contributed by atoms with Crippen LogP contribution in [0.25, 0.3) is 6.08 Å². The molecule has 1 saturated heterocycles. The van der Waals surface area contributed by atoms with E-state index in [0.717, 1.165) is 36.5 Å². The summed E-state index contributed by atoms with van der Waals surface area (Å²) in [5.74, 6) is 0.856. The molecule has 0 radical (unpaired) electrons. The minimum Gasteiger partial charge on any atom is -0.489 e. The van der Waals surface area contributed by atoms with Crippen molar-refractivity contribution in [2.24, 2.45) is 0 Å². The third kappa shape index (κ3) is 6.86. The number of carbonyl (C=O) groups excluding carboxylic acids is 1. The molecule has 1 fully saturated rings. The van der Waals surface area contributed by atoms with Crippen LogP contribution in [0.15, 0.2) is 54.9 Å². The molecule has 2 heterocycles. The summed E-state index contributed by atoms with van der Waals surface area (Å²) in [6.07, 6.45) is 7.03. The number of nitrogens with zero attached hydrogens (tertiary/aromatic N) is 2. The first-order chi connectivity index (χ1) is 12.2. The second-order valence-corrected chi connectivity index (χ2v) is 6.14. The Morgan fingerprint density at radius 2 is 2.07 bits per heavy atom. The van der Waals surface area contributed by atoms with Gasteiger partial charge in [-0.25, -0.2) is 0 Å². The highest BCUT2D eigenvalue weighted by molar-refractivity contribution is 5.92. The quantitative estimate of drug-likeness (QED) is 0.769. The van der Waals surface area contributed by atoms with Crippen molar-refractivity contribution in [2.75, 3.05) is 19.6 Å². The SMILES string of the molecule is CC1CNCCN1C(=O)C=Cc1ccc(OCc2cccnc2)cc1.Cl.Cl. The molecule has 2 aromatic rings. The van der Waals surface area contributed by atoms with Gasteiger partial charge in [0.15, 0.2) is 0 Å². The van der Waals surface area contributed by atoms with Crippen LogP contribution < -0.4 is 10.1 Å². The maximum atomic E-state index is 12.3. The average Bonchev–Trinajstić information content (AvgIpc) is 2.66. The summed E-state index contributed by atoms with van der Waals surface area (Å²) in [4.78, 5) is 18.3. The normalized spacial score (nSPS) is 16.3. The van der Waals surface area contributed by atoms with E-state index < -0.39 is 0 Å². The molecular formula is C20H25Cl2N3O2. The first-order valence-corrected chi connectivity index (χ1v) is 8.53. The minimum absolute atomic E-state index is 0. The molecule has 1 N–H and O–H groups in total. The van der Waals surface area contributed by atoms with Gasteiger partial charge < -0.3 is 15.0 Å². The van der Waals surface area contributed by atoms with Crippen molar-refractivity contribution in [3.8, 4) is 5.75 Å². The number of amides is 1. The molecule has 1 aromatic heterocycles. The van der Waals surface area contributed by atoms with E-state index in [2.05, 4.69) is 17.2 Å². The number of carbonyl (C=O) groups is 1. The number of rotatable bonds is 5. The van der Waals surface area contributed by atoms with Gasteiger partial charge in [-0.15, -0.1) is 24.8 Å². The number of nitrogens with one attached hydrogen (secondary N) is 1. The van der Waals surface area contributed by atoms with Gasteiger partial charge in [-0.3, -0.25) is 9.78 Å². The van der Waals surface area contributed by atoms with E-state index in [1.54, 1.807) is 18.5 Å². The molecule has 0 bridgehead atoms. The highest BCUT2D eigenvalue weighted by atomic mass is 35.5. The van der Waals surface area contributed by atoms with E-state index in [9.17, 15) is 4.79 Å². The number of pyridine rings is 1. The molecule has 1 atom stereocenters.